The highest BCUT2D eigenvalue weighted by atomic mass is 32.1. The van der Waals surface area contributed by atoms with Crippen LogP contribution in [0, 0.1) is 0 Å². The van der Waals surface area contributed by atoms with Crippen LogP contribution < -0.4 is 10.5 Å². The molecule has 27 heavy (non-hydrogen) atoms. The highest BCUT2D eigenvalue weighted by Gasteiger charge is 2.21. The Morgan fingerprint density at radius 3 is 2.59 bits per heavy atom. The summed E-state index contributed by atoms with van der Waals surface area (Å²) in [4.78, 5) is 25.9. The number of thiophene rings is 1. The Labute approximate surface area is 164 Å². The standard InChI is InChI=1S/C21H28N4OS/c1-3-12-24(13-4-2)16-10-11-22-20-17(16)18-19(27-20)21(26)25(14-23-18)15-8-6-5-7-9-15/h10-11,14-15H,3-9,12-13H2,1-2H3. The van der Waals surface area contributed by atoms with Crippen molar-refractivity contribution in [2.75, 3.05) is 18.0 Å². The number of pyridine rings is 1. The smallest absolute Gasteiger partial charge is 0.271 e. The van der Waals surface area contributed by atoms with Crippen LogP contribution in [0.5, 0.6) is 0 Å². The van der Waals surface area contributed by atoms with Gasteiger partial charge in [-0.3, -0.25) is 9.36 Å². The first-order chi connectivity index (χ1) is 13.2. The molecule has 1 aliphatic rings. The van der Waals surface area contributed by atoms with Crippen LogP contribution in [-0.4, -0.2) is 27.6 Å². The van der Waals surface area contributed by atoms with E-state index >= 15 is 0 Å². The molecular formula is C21H28N4OS. The van der Waals surface area contributed by atoms with Gasteiger partial charge in [-0.2, -0.15) is 0 Å². The lowest BCUT2D eigenvalue weighted by atomic mass is 9.95. The van der Waals surface area contributed by atoms with Crippen molar-refractivity contribution >= 4 is 37.5 Å². The van der Waals surface area contributed by atoms with Crippen molar-refractivity contribution in [2.45, 2.75) is 64.8 Å². The first kappa shape index (κ1) is 18.4. The molecule has 6 heteroatoms. The first-order valence-electron chi connectivity index (χ1n) is 10.3. The number of fused-ring (bicyclic) bond motifs is 3. The third-order valence-corrected chi connectivity index (χ3v) is 6.66. The third-order valence-electron chi connectivity index (χ3n) is 5.58. The molecular weight excluding hydrogens is 356 g/mol. The molecule has 4 rings (SSSR count). The van der Waals surface area contributed by atoms with Crippen molar-refractivity contribution < 1.29 is 0 Å². The van der Waals surface area contributed by atoms with Gasteiger partial charge in [-0.15, -0.1) is 11.3 Å². The van der Waals surface area contributed by atoms with E-state index in [0.29, 0.717) is 6.04 Å². The Kier molecular flexibility index (Phi) is 5.43. The molecule has 0 aromatic carbocycles. The van der Waals surface area contributed by atoms with Crippen LogP contribution in [0.25, 0.3) is 20.4 Å². The maximum atomic E-state index is 13.2. The summed E-state index contributed by atoms with van der Waals surface area (Å²) < 4.78 is 2.64. The van der Waals surface area contributed by atoms with Crippen LogP contribution in [0.4, 0.5) is 5.69 Å². The topological polar surface area (TPSA) is 51.0 Å². The van der Waals surface area contributed by atoms with Crippen LogP contribution in [0.2, 0.25) is 0 Å². The molecule has 1 saturated carbocycles. The Hall–Kier alpha value is -1.95. The molecule has 1 fully saturated rings. The van der Waals surface area contributed by atoms with Gasteiger partial charge in [0.05, 0.1) is 22.9 Å². The second-order valence-corrected chi connectivity index (χ2v) is 8.52. The zero-order chi connectivity index (χ0) is 18.8. The summed E-state index contributed by atoms with van der Waals surface area (Å²) >= 11 is 1.50. The summed E-state index contributed by atoms with van der Waals surface area (Å²) in [7, 11) is 0. The summed E-state index contributed by atoms with van der Waals surface area (Å²) in [6.07, 6.45) is 11.7. The predicted octanol–water partition coefficient (Wildman–Crippen LogP) is 5.14. The van der Waals surface area contributed by atoms with Gasteiger partial charge in [0.15, 0.2) is 0 Å². The molecule has 0 N–H and O–H groups in total. The molecule has 5 nitrogen and oxygen atoms in total. The summed E-state index contributed by atoms with van der Waals surface area (Å²) in [5.41, 5.74) is 2.10. The molecule has 0 radical (unpaired) electrons. The highest BCUT2D eigenvalue weighted by molar-refractivity contribution is 7.25. The molecule has 0 amide bonds. The van der Waals surface area contributed by atoms with Crippen LogP contribution in [0.15, 0.2) is 23.4 Å². The summed E-state index contributed by atoms with van der Waals surface area (Å²) in [6.45, 7) is 6.41. The maximum Gasteiger partial charge on any atom is 0.271 e. The number of aromatic nitrogens is 3. The van der Waals surface area contributed by atoms with Gasteiger partial charge < -0.3 is 4.90 Å². The van der Waals surface area contributed by atoms with E-state index in [4.69, 9.17) is 4.98 Å². The Morgan fingerprint density at radius 2 is 1.89 bits per heavy atom. The molecule has 0 spiro atoms. The van der Waals surface area contributed by atoms with E-state index < -0.39 is 0 Å². The lowest BCUT2D eigenvalue weighted by Gasteiger charge is -2.24. The number of hydrogen-bond donors (Lipinski definition) is 0. The minimum absolute atomic E-state index is 0.110. The molecule has 0 unspecified atom stereocenters. The van der Waals surface area contributed by atoms with E-state index in [1.54, 1.807) is 6.33 Å². The van der Waals surface area contributed by atoms with Crippen LogP contribution in [0.3, 0.4) is 0 Å². The van der Waals surface area contributed by atoms with Crippen LogP contribution in [-0.2, 0) is 0 Å². The molecule has 3 heterocycles. The quantitative estimate of drug-likeness (QED) is 0.590. The van der Waals surface area contributed by atoms with E-state index in [1.165, 1.54) is 30.6 Å². The monoisotopic (exact) mass is 384 g/mol. The average Bonchev–Trinajstić information content (AvgIpc) is 3.09. The van der Waals surface area contributed by atoms with Gasteiger partial charge in [-0.05, 0) is 31.7 Å². The lowest BCUT2D eigenvalue weighted by Crippen LogP contribution is -2.26. The van der Waals surface area contributed by atoms with E-state index in [0.717, 1.165) is 64.9 Å². The fraction of sp³-hybridized carbons (Fsp3) is 0.571. The van der Waals surface area contributed by atoms with Gasteiger partial charge in [-0.25, -0.2) is 9.97 Å². The summed E-state index contributed by atoms with van der Waals surface area (Å²) in [5.74, 6) is 0. The van der Waals surface area contributed by atoms with E-state index in [1.807, 2.05) is 10.8 Å². The lowest BCUT2D eigenvalue weighted by molar-refractivity contribution is 0.345. The first-order valence-corrected chi connectivity index (χ1v) is 11.1. The Bertz CT molecular complexity index is 981. The highest BCUT2D eigenvalue weighted by Crippen LogP contribution is 2.36. The molecule has 0 saturated heterocycles. The molecule has 0 bridgehead atoms. The zero-order valence-electron chi connectivity index (χ0n) is 16.3. The van der Waals surface area contributed by atoms with Crippen molar-refractivity contribution in [3.8, 4) is 0 Å². The zero-order valence-corrected chi connectivity index (χ0v) is 17.1. The second kappa shape index (κ2) is 7.97. The van der Waals surface area contributed by atoms with Crippen molar-refractivity contribution in [1.82, 2.24) is 14.5 Å². The Morgan fingerprint density at radius 1 is 1.15 bits per heavy atom. The van der Waals surface area contributed by atoms with Gasteiger partial charge in [0.1, 0.15) is 9.53 Å². The van der Waals surface area contributed by atoms with Gasteiger partial charge in [-0.1, -0.05) is 33.1 Å². The van der Waals surface area contributed by atoms with Gasteiger partial charge in [0, 0.05) is 25.3 Å². The molecule has 144 valence electrons. The van der Waals surface area contributed by atoms with E-state index in [9.17, 15) is 4.79 Å². The van der Waals surface area contributed by atoms with E-state index in [2.05, 4.69) is 29.8 Å². The molecule has 0 atom stereocenters. The minimum Gasteiger partial charge on any atom is -0.371 e. The minimum atomic E-state index is 0.110. The number of hydrogen-bond acceptors (Lipinski definition) is 5. The number of rotatable bonds is 6. The fourth-order valence-corrected chi connectivity index (χ4v) is 5.38. The van der Waals surface area contributed by atoms with Crippen LogP contribution in [0.1, 0.15) is 64.8 Å². The second-order valence-electron chi connectivity index (χ2n) is 7.53. The predicted molar refractivity (Wildman–Crippen MR) is 114 cm³/mol. The van der Waals surface area contributed by atoms with Crippen molar-refractivity contribution in [3.05, 3.63) is 28.9 Å². The summed E-state index contributed by atoms with van der Waals surface area (Å²) in [5, 5.41) is 1.05. The Balaban J connectivity index is 1.87. The van der Waals surface area contributed by atoms with E-state index in [-0.39, 0.29) is 5.56 Å². The molecule has 1 aliphatic carbocycles. The van der Waals surface area contributed by atoms with Crippen molar-refractivity contribution in [1.29, 1.82) is 0 Å². The molecule has 0 aliphatic heterocycles. The number of nitrogens with zero attached hydrogens (tertiary/aromatic N) is 4. The SMILES string of the molecule is CCCN(CCC)c1ccnc2sc3c(=O)n(C4CCCCC4)cnc3c12. The molecule has 3 aromatic rings. The average molecular weight is 385 g/mol. The number of anilines is 1. The largest absolute Gasteiger partial charge is 0.371 e. The van der Waals surface area contributed by atoms with Crippen molar-refractivity contribution in [3.63, 3.8) is 0 Å². The normalized spacial score (nSPS) is 15.6. The summed E-state index contributed by atoms with van der Waals surface area (Å²) in [6, 6.07) is 2.38. The van der Waals surface area contributed by atoms with Crippen LogP contribution >= 0.6 is 11.3 Å². The van der Waals surface area contributed by atoms with Crippen molar-refractivity contribution in [2.24, 2.45) is 0 Å². The van der Waals surface area contributed by atoms with Gasteiger partial charge >= 0.3 is 0 Å². The van der Waals surface area contributed by atoms with Gasteiger partial charge in [0.2, 0.25) is 0 Å². The van der Waals surface area contributed by atoms with Gasteiger partial charge in [0.25, 0.3) is 5.56 Å². The molecule has 3 aromatic heterocycles. The third kappa shape index (κ3) is 3.35. The fourth-order valence-electron chi connectivity index (χ4n) is 4.32. The maximum absolute atomic E-state index is 13.2.